The molecule has 0 radical (unpaired) electrons. The topological polar surface area (TPSA) is 38.7 Å². The van der Waals surface area contributed by atoms with E-state index in [-0.39, 0.29) is 0 Å². The number of halogens is 1. The first kappa shape index (κ1) is 9.34. The molecule has 0 saturated carbocycles. The lowest BCUT2D eigenvalue weighted by Gasteiger charge is -2.06. The minimum Gasteiger partial charge on any atom is -0.239 e. The zero-order valence-corrected chi connectivity index (χ0v) is 8.78. The van der Waals surface area contributed by atoms with E-state index in [1.807, 2.05) is 6.07 Å². The zero-order chi connectivity index (χ0) is 10.1. The van der Waals surface area contributed by atoms with Gasteiger partial charge in [-0.15, -0.1) is 0 Å². The van der Waals surface area contributed by atoms with Gasteiger partial charge >= 0.3 is 0 Å². The molecule has 2 aromatic rings. The number of rotatable bonds is 1. The highest BCUT2D eigenvalue weighted by atomic mass is 35.5. The molecule has 2 heterocycles. The van der Waals surface area contributed by atoms with Gasteiger partial charge in [-0.1, -0.05) is 25.4 Å². The summed E-state index contributed by atoms with van der Waals surface area (Å²) in [4.78, 5) is 12.6. The Labute approximate surface area is 87.2 Å². The summed E-state index contributed by atoms with van der Waals surface area (Å²) in [5.41, 5.74) is 2.58. The normalized spacial score (nSPS) is 11.1. The van der Waals surface area contributed by atoms with Crippen molar-refractivity contribution in [1.82, 2.24) is 15.0 Å². The van der Waals surface area contributed by atoms with E-state index >= 15 is 0 Å². The molecule has 0 spiro atoms. The predicted molar refractivity (Wildman–Crippen MR) is 56.4 cm³/mol. The molecule has 0 saturated heterocycles. The van der Waals surface area contributed by atoms with Crippen LogP contribution in [0.4, 0.5) is 0 Å². The lowest BCUT2D eigenvalue weighted by molar-refractivity contribution is 0.824. The van der Waals surface area contributed by atoms with E-state index in [1.165, 1.54) is 0 Å². The van der Waals surface area contributed by atoms with Gasteiger partial charge in [0.1, 0.15) is 17.0 Å². The Balaban J connectivity index is 2.77. The van der Waals surface area contributed by atoms with Crippen molar-refractivity contribution < 1.29 is 0 Å². The highest BCUT2D eigenvalue weighted by molar-refractivity contribution is 6.29. The fraction of sp³-hybridized carbons (Fsp3) is 0.300. The quantitative estimate of drug-likeness (QED) is 0.675. The number of nitrogens with zero attached hydrogens (tertiary/aromatic N) is 3. The van der Waals surface area contributed by atoms with E-state index in [1.54, 1.807) is 12.4 Å². The first-order valence-electron chi connectivity index (χ1n) is 4.45. The van der Waals surface area contributed by atoms with Crippen molar-refractivity contribution in [1.29, 1.82) is 0 Å². The molecule has 72 valence electrons. The van der Waals surface area contributed by atoms with Crippen molar-refractivity contribution >= 4 is 22.6 Å². The molecule has 0 fully saturated rings. The number of hydrogen-bond donors (Lipinski definition) is 0. The van der Waals surface area contributed by atoms with Gasteiger partial charge < -0.3 is 0 Å². The van der Waals surface area contributed by atoms with Gasteiger partial charge in [0.25, 0.3) is 0 Å². The summed E-state index contributed by atoms with van der Waals surface area (Å²) in [5, 5.41) is 0.481. The van der Waals surface area contributed by atoms with E-state index in [0.29, 0.717) is 11.1 Å². The van der Waals surface area contributed by atoms with Gasteiger partial charge in [0.15, 0.2) is 0 Å². The van der Waals surface area contributed by atoms with Gasteiger partial charge in [0.2, 0.25) is 0 Å². The van der Waals surface area contributed by atoms with Crippen molar-refractivity contribution in [2.75, 3.05) is 0 Å². The number of pyridine rings is 1. The van der Waals surface area contributed by atoms with Gasteiger partial charge in [0, 0.05) is 0 Å². The Kier molecular flexibility index (Phi) is 2.33. The van der Waals surface area contributed by atoms with Crippen LogP contribution in [0.15, 0.2) is 18.5 Å². The average molecular weight is 208 g/mol. The molecule has 0 amide bonds. The molecule has 0 N–H and O–H groups in total. The fourth-order valence-corrected chi connectivity index (χ4v) is 1.51. The molecule has 0 aliphatic rings. The first-order chi connectivity index (χ1) is 6.68. The van der Waals surface area contributed by atoms with Crippen LogP contribution in [0.25, 0.3) is 11.0 Å². The Morgan fingerprint density at radius 3 is 2.71 bits per heavy atom. The lowest BCUT2D eigenvalue weighted by Crippen LogP contribution is -1.97. The molecule has 3 nitrogen and oxygen atoms in total. The predicted octanol–water partition coefficient (Wildman–Crippen LogP) is 2.80. The number of aromatic nitrogens is 3. The molecular weight excluding hydrogens is 198 g/mol. The molecule has 0 aliphatic heterocycles. The van der Waals surface area contributed by atoms with Crippen LogP contribution in [0.2, 0.25) is 5.15 Å². The summed E-state index contributed by atoms with van der Waals surface area (Å²) >= 11 is 5.83. The maximum atomic E-state index is 5.83. The van der Waals surface area contributed by atoms with Crippen molar-refractivity contribution in [2.45, 2.75) is 19.8 Å². The Morgan fingerprint density at radius 1 is 1.21 bits per heavy atom. The van der Waals surface area contributed by atoms with Crippen LogP contribution in [-0.2, 0) is 0 Å². The van der Waals surface area contributed by atoms with Crippen molar-refractivity contribution in [3.05, 3.63) is 29.3 Å². The summed E-state index contributed by atoms with van der Waals surface area (Å²) in [7, 11) is 0. The number of fused-ring (bicyclic) bond motifs is 1. The average Bonchev–Trinajstić information content (AvgIpc) is 2.16. The first-order valence-corrected chi connectivity index (χ1v) is 4.83. The van der Waals surface area contributed by atoms with Crippen molar-refractivity contribution in [3.63, 3.8) is 0 Å². The highest BCUT2D eigenvalue weighted by Crippen LogP contribution is 2.21. The second-order valence-electron chi connectivity index (χ2n) is 3.42. The zero-order valence-electron chi connectivity index (χ0n) is 8.03. The van der Waals surface area contributed by atoms with Gasteiger partial charge in [-0.3, -0.25) is 0 Å². The van der Waals surface area contributed by atoms with Crippen molar-refractivity contribution in [3.8, 4) is 0 Å². The molecule has 0 bridgehead atoms. The third-order valence-corrected chi connectivity index (χ3v) is 2.23. The van der Waals surface area contributed by atoms with Crippen LogP contribution < -0.4 is 0 Å². The van der Waals surface area contributed by atoms with E-state index < -0.39 is 0 Å². The van der Waals surface area contributed by atoms with Crippen LogP contribution >= 0.6 is 11.6 Å². The lowest BCUT2D eigenvalue weighted by atomic mass is 10.1. The minimum absolute atomic E-state index is 0.325. The van der Waals surface area contributed by atoms with E-state index in [4.69, 9.17) is 11.6 Å². The Morgan fingerprint density at radius 2 is 2.00 bits per heavy atom. The smallest absolute Gasteiger partial charge is 0.129 e. The van der Waals surface area contributed by atoms with Gasteiger partial charge in [-0.25, -0.2) is 15.0 Å². The minimum atomic E-state index is 0.325. The fourth-order valence-electron chi connectivity index (χ4n) is 1.36. The molecule has 14 heavy (non-hydrogen) atoms. The molecular formula is C10H10ClN3. The standard InChI is InChI=1S/C10H10ClN3/c1-6(2)9-10-7(12-5-13-9)3-4-8(11)14-10/h3-6H,1-2H3. The van der Waals surface area contributed by atoms with Gasteiger partial charge in [0.05, 0.1) is 11.2 Å². The maximum Gasteiger partial charge on any atom is 0.129 e. The summed E-state index contributed by atoms with van der Waals surface area (Å²) in [5.74, 6) is 0.325. The van der Waals surface area contributed by atoms with Crippen LogP contribution in [0.5, 0.6) is 0 Å². The van der Waals surface area contributed by atoms with E-state index in [0.717, 1.165) is 16.7 Å². The second kappa shape index (κ2) is 3.50. The Hall–Kier alpha value is -1.22. The SMILES string of the molecule is CC(C)c1ncnc2ccc(Cl)nc12. The summed E-state index contributed by atoms with van der Waals surface area (Å²) < 4.78 is 0. The van der Waals surface area contributed by atoms with Gasteiger partial charge in [-0.2, -0.15) is 0 Å². The molecule has 2 aromatic heterocycles. The monoisotopic (exact) mass is 207 g/mol. The maximum absolute atomic E-state index is 5.83. The molecule has 0 atom stereocenters. The molecule has 0 aromatic carbocycles. The summed E-state index contributed by atoms with van der Waals surface area (Å²) in [6, 6.07) is 3.60. The number of hydrogen-bond acceptors (Lipinski definition) is 3. The van der Waals surface area contributed by atoms with Crippen LogP contribution in [0, 0.1) is 0 Å². The van der Waals surface area contributed by atoms with Crippen LogP contribution in [0.1, 0.15) is 25.5 Å². The van der Waals surface area contributed by atoms with E-state index in [2.05, 4.69) is 28.8 Å². The third-order valence-electron chi connectivity index (χ3n) is 2.02. The Bertz CT molecular complexity index is 468. The van der Waals surface area contributed by atoms with Gasteiger partial charge in [-0.05, 0) is 18.1 Å². The largest absolute Gasteiger partial charge is 0.239 e. The molecule has 4 heteroatoms. The molecule has 2 rings (SSSR count). The van der Waals surface area contributed by atoms with E-state index in [9.17, 15) is 0 Å². The third kappa shape index (κ3) is 1.55. The van der Waals surface area contributed by atoms with Crippen LogP contribution in [0.3, 0.4) is 0 Å². The summed E-state index contributed by atoms with van der Waals surface area (Å²) in [6.07, 6.45) is 1.56. The highest BCUT2D eigenvalue weighted by Gasteiger charge is 2.08. The molecule has 0 aliphatic carbocycles. The van der Waals surface area contributed by atoms with Crippen molar-refractivity contribution in [2.24, 2.45) is 0 Å². The van der Waals surface area contributed by atoms with Crippen LogP contribution in [-0.4, -0.2) is 15.0 Å². The summed E-state index contributed by atoms with van der Waals surface area (Å²) in [6.45, 7) is 4.15. The molecule has 0 unspecified atom stereocenters. The second-order valence-corrected chi connectivity index (χ2v) is 3.80.